The summed E-state index contributed by atoms with van der Waals surface area (Å²) in [6.07, 6.45) is -4.44. The van der Waals surface area contributed by atoms with Gasteiger partial charge in [-0.05, 0) is 50.0 Å². The Bertz CT molecular complexity index is 1060. The number of rotatable bonds is 5. The van der Waals surface area contributed by atoms with Gasteiger partial charge in [-0.25, -0.2) is 4.79 Å². The van der Waals surface area contributed by atoms with Gasteiger partial charge >= 0.3 is 6.09 Å². The minimum atomic E-state index is -3.12. The monoisotopic (exact) mass is 299 g/mol. The number of H-pyrrole nitrogens is 1. The molecular weight excluding hydrogens is 266 g/mol. The maximum absolute atomic E-state index is 11.5. The second kappa shape index (κ2) is 5.77. The summed E-state index contributed by atoms with van der Waals surface area (Å²) < 4.78 is 98.2. The Balaban J connectivity index is 2.04. The average molecular weight is 299 g/mol. The summed E-state index contributed by atoms with van der Waals surface area (Å²) in [7, 11) is 0. The van der Waals surface area contributed by atoms with Gasteiger partial charge < -0.3 is 19.9 Å². The molecule has 2 heterocycles. The predicted octanol–water partition coefficient (Wildman–Crippen LogP) is 1.92. The van der Waals surface area contributed by atoms with Crippen LogP contribution in [0.15, 0.2) is 24.4 Å². The van der Waals surface area contributed by atoms with E-state index in [1.54, 1.807) is 0 Å². The number of nitrogens with zero attached hydrogens (tertiary/aromatic N) is 1. The lowest BCUT2D eigenvalue weighted by atomic mass is 10.0. The minimum absolute atomic E-state index is 0.0703. The zero-order chi connectivity index (χ0) is 25.2. The molecule has 0 radical (unpaired) electrons. The van der Waals surface area contributed by atoms with Crippen molar-refractivity contribution in [2.24, 2.45) is 0 Å². The predicted molar refractivity (Wildman–Crippen MR) is 82.5 cm³/mol. The van der Waals surface area contributed by atoms with Crippen LogP contribution in [0.5, 0.6) is 0 Å². The van der Waals surface area contributed by atoms with Crippen molar-refractivity contribution >= 4 is 17.0 Å². The van der Waals surface area contributed by atoms with Crippen molar-refractivity contribution in [3.05, 3.63) is 35.5 Å². The number of hydrogen-bond acceptors (Lipinski definition) is 3. The van der Waals surface area contributed by atoms with E-state index in [-0.39, 0.29) is 22.3 Å². The summed E-state index contributed by atoms with van der Waals surface area (Å²) in [5.41, 5.74) is 0.309. The van der Waals surface area contributed by atoms with Gasteiger partial charge in [-0.2, -0.15) is 0 Å². The lowest BCUT2D eigenvalue weighted by Gasteiger charge is -2.09. The van der Waals surface area contributed by atoms with Crippen LogP contribution in [-0.4, -0.2) is 49.1 Å². The third-order valence-corrected chi connectivity index (χ3v) is 2.99. The van der Waals surface area contributed by atoms with E-state index in [0.717, 1.165) is 0 Å². The molecule has 1 aliphatic heterocycles. The SMILES string of the molecule is [2H]c1[nH]c2ccc(C[C@]3([2H])NC(=O)OC3([2H])[2H])cc2c1C([2H])([2H])CN(C([2H])([2H])[2H])C([2H])([2H])[2H]. The highest BCUT2D eigenvalue weighted by Gasteiger charge is 2.22. The topological polar surface area (TPSA) is 57.4 Å². The highest BCUT2D eigenvalue weighted by atomic mass is 16.6. The van der Waals surface area contributed by atoms with Crippen LogP contribution in [0.3, 0.4) is 0 Å². The van der Waals surface area contributed by atoms with Gasteiger partial charge in [0, 0.05) is 34.6 Å². The Hall–Kier alpha value is -2.01. The van der Waals surface area contributed by atoms with Crippen LogP contribution in [0.1, 0.15) is 27.6 Å². The molecule has 2 aromatic rings. The van der Waals surface area contributed by atoms with E-state index in [1.165, 1.54) is 18.2 Å². The summed E-state index contributed by atoms with van der Waals surface area (Å²) in [6, 6.07) is 2.16. The zero-order valence-corrected chi connectivity index (χ0v) is 10.9. The molecule has 5 nitrogen and oxygen atoms in total. The van der Waals surface area contributed by atoms with Crippen molar-refractivity contribution in [1.29, 1.82) is 0 Å². The van der Waals surface area contributed by atoms with E-state index >= 15 is 0 Å². The molecule has 5 heteroatoms. The van der Waals surface area contributed by atoms with E-state index in [1.807, 2.05) is 0 Å². The molecule has 112 valence electrons. The fraction of sp³-hybridized carbons (Fsp3) is 0.438. The second-order valence-electron chi connectivity index (χ2n) is 4.54. The maximum atomic E-state index is 11.5. The van der Waals surface area contributed by atoms with E-state index in [2.05, 4.69) is 15.0 Å². The van der Waals surface area contributed by atoms with Crippen LogP contribution < -0.4 is 5.32 Å². The van der Waals surface area contributed by atoms with Crippen molar-refractivity contribution < 1.29 is 26.0 Å². The van der Waals surface area contributed by atoms with Crippen LogP contribution in [0, 0.1) is 0 Å². The number of aromatic nitrogens is 1. The quantitative estimate of drug-likeness (QED) is 0.887. The number of benzene rings is 1. The molecule has 2 N–H and O–H groups in total. The zero-order valence-electron chi connectivity index (χ0n) is 22.9. The Labute approximate surface area is 141 Å². The molecule has 1 fully saturated rings. The highest BCUT2D eigenvalue weighted by Crippen LogP contribution is 2.21. The maximum Gasteiger partial charge on any atom is 0.407 e. The van der Waals surface area contributed by atoms with Crippen LogP contribution in [0.25, 0.3) is 10.9 Å². The fourth-order valence-electron chi connectivity index (χ4n) is 2.08. The number of amides is 1. The van der Waals surface area contributed by atoms with E-state index in [9.17, 15) is 4.79 Å². The number of hydrogen-bond donors (Lipinski definition) is 2. The first kappa shape index (κ1) is 5.65. The molecule has 3 rings (SSSR count). The molecule has 1 aromatic heterocycles. The number of nitrogens with one attached hydrogen (secondary N) is 2. The summed E-state index contributed by atoms with van der Waals surface area (Å²) in [5, 5.41) is 2.24. The number of likely N-dealkylation sites (N-methyl/N-ethyl adjacent to an activating group) is 1. The molecule has 0 bridgehead atoms. The molecule has 1 aromatic carbocycles. The van der Waals surface area contributed by atoms with E-state index < -0.39 is 51.7 Å². The number of cyclic esters (lactones) is 1. The average Bonchev–Trinajstić information content (AvgIpc) is 3.02. The van der Waals surface area contributed by atoms with E-state index in [4.69, 9.17) is 16.4 Å². The van der Waals surface area contributed by atoms with Gasteiger partial charge in [0.25, 0.3) is 0 Å². The van der Waals surface area contributed by atoms with Gasteiger partial charge in [-0.3, -0.25) is 0 Å². The van der Waals surface area contributed by atoms with Crippen molar-refractivity contribution in [2.75, 3.05) is 27.1 Å². The molecule has 1 amide bonds. The third-order valence-electron chi connectivity index (χ3n) is 2.99. The first-order valence-corrected chi connectivity index (χ1v) is 6.17. The van der Waals surface area contributed by atoms with Gasteiger partial charge in [0.05, 0.1) is 11.5 Å². The van der Waals surface area contributed by atoms with Crippen molar-refractivity contribution in [2.45, 2.75) is 18.8 Å². The number of fused-ring (bicyclic) bond motifs is 1. The molecule has 1 aliphatic rings. The Kier molecular flexibility index (Phi) is 1.55. The normalized spacial score (nSPS) is 34.4. The Morgan fingerprint density at radius 1 is 1.67 bits per heavy atom. The van der Waals surface area contributed by atoms with Gasteiger partial charge in [0.2, 0.25) is 0 Å². The molecule has 1 atom stereocenters. The van der Waals surface area contributed by atoms with Crippen LogP contribution in [0.4, 0.5) is 4.79 Å². The Morgan fingerprint density at radius 3 is 3.33 bits per heavy atom. The summed E-state index contributed by atoms with van der Waals surface area (Å²) in [5.74, 6) is 0. The van der Waals surface area contributed by atoms with Crippen LogP contribution >= 0.6 is 0 Å². The van der Waals surface area contributed by atoms with Gasteiger partial charge in [-0.1, -0.05) is 6.07 Å². The summed E-state index contributed by atoms with van der Waals surface area (Å²) in [6.45, 7) is -9.95. The van der Waals surface area contributed by atoms with Crippen molar-refractivity contribution in [3.8, 4) is 0 Å². The molecule has 0 saturated carbocycles. The van der Waals surface area contributed by atoms with E-state index in [0.29, 0.717) is 11.1 Å². The smallest absolute Gasteiger partial charge is 0.407 e. The number of alkyl carbamates (subject to hydrolysis) is 1. The number of ether oxygens (including phenoxy) is 1. The molecule has 1 saturated heterocycles. The lowest BCUT2D eigenvalue weighted by molar-refractivity contribution is 0.177. The first-order valence-electron chi connectivity index (χ1n) is 12.2. The highest BCUT2D eigenvalue weighted by molar-refractivity contribution is 5.84. The van der Waals surface area contributed by atoms with Gasteiger partial charge in [-0.15, -0.1) is 0 Å². The second-order valence-corrected chi connectivity index (χ2v) is 4.54. The molecule has 0 aliphatic carbocycles. The molecule has 0 spiro atoms. The number of aromatic amines is 1. The van der Waals surface area contributed by atoms with Crippen molar-refractivity contribution in [1.82, 2.24) is 15.2 Å². The molecule has 0 unspecified atom stereocenters. The number of carbonyl (C=O) groups excluding carboxylic acids is 1. The van der Waals surface area contributed by atoms with Gasteiger partial charge in [0.15, 0.2) is 0 Å². The Morgan fingerprint density at radius 2 is 2.57 bits per heavy atom. The minimum Gasteiger partial charge on any atom is -0.447 e. The summed E-state index contributed by atoms with van der Waals surface area (Å²) >= 11 is 0. The van der Waals surface area contributed by atoms with Crippen LogP contribution in [-0.2, 0) is 17.5 Å². The standard InChI is InChI=1S/C16H21N3O2/c1-19(2)6-5-12-9-17-15-4-3-11(8-14(12)15)7-13-10-21-16(20)18-13/h3-4,8-9,13,17H,5-7,10H2,1-2H3,(H,18,20)/t13-/m0/s1/i1D3,2D3,5D2,9D,10D2,13D. The lowest BCUT2D eigenvalue weighted by Crippen LogP contribution is -2.28. The largest absolute Gasteiger partial charge is 0.447 e. The van der Waals surface area contributed by atoms with Gasteiger partial charge in [0.1, 0.15) is 6.56 Å². The third kappa shape index (κ3) is 3.19. The molecule has 21 heavy (non-hydrogen) atoms. The summed E-state index contributed by atoms with van der Waals surface area (Å²) in [4.78, 5) is 14.2. The molecular formula is C16H21N3O2. The van der Waals surface area contributed by atoms with Crippen molar-refractivity contribution in [3.63, 3.8) is 0 Å². The van der Waals surface area contributed by atoms with Crippen LogP contribution in [0.2, 0.25) is 0 Å². The number of carbonyl (C=O) groups is 1. The fourth-order valence-corrected chi connectivity index (χ4v) is 2.08. The first-order chi connectivity index (χ1) is 14.8.